The summed E-state index contributed by atoms with van der Waals surface area (Å²) < 4.78 is 5.53. The molecule has 17 heavy (non-hydrogen) atoms. The van der Waals surface area contributed by atoms with Gasteiger partial charge in [0.15, 0.2) is 0 Å². The average Bonchev–Trinajstić information content (AvgIpc) is 2.39. The molecule has 0 amide bonds. The highest BCUT2D eigenvalue weighted by molar-refractivity contribution is 5.14. The van der Waals surface area contributed by atoms with Crippen molar-refractivity contribution in [2.75, 3.05) is 26.3 Å². The minimum Gasteiger partial charge on any atom is -0.394 e. The van der Waals surface area contributed by atoms with Gasteiger partial charge in [-0.1, -0.05) is 30.3 Å². The van der Waals surface area contributed by atoms with Crippen molar-refractivity contribution in [1.82, 2.24) is 4.90 Å². The van der Waals surface area contributed by atoms with Crippen LogP contribution in [-0.2, 0) is 11.2 Å². The first kappa shape index (κ1) is 12.6. The third-order valence-electron chi connectivity index (χ3n) is 3.37. The predicted molar refractivity (Wildman–Crippen MR) is 68.0 cm³/mol. The Morgan fingerprint density at radius 2 is 2.12 bits per heavy atom. The summed E-state index contributed by atoms with van der Waals surface area (Å²) in [5, 5.41) is 9.13. The summed E-state index contributed by atoms with van der Waals surface area (Å²) in [7, 11) is 0. The van der Waals surface area contributed by atoms with Crippen molar-refractivity contribution in [1.29, 1.82) is 0 Å². The van der Waals surface area contributed by atoms with Crippen LogP contribution in [0.2, 0.25) is 0 Å². The van der Waals surface area contributed by atoms with Gasteiger partial charge in [-0.3, -0.25) is 4.90 Å². The van der Waals surface area contributed by atoms with Crippen LogP contribution < -0.4 is 0 Å². The van der Waals surface area contributed by atoms with E-state index in [2.05, 4.69) is 36.1 Å². The van der Waals surface area contributed by atoms with Gasteiger partial charge in [0.05, 0.1) is 19.3 Å². The summed E-state index contributed by atoms with van der Waals surface area (Å²) in [5.41, 5.74) is 1.37. The van der Waals surface area contributed by atoms with Crippen molar-refractivity contribution in [3.8, 4) is 0 Å². The summed E-state index contributed by atoms with van der Waals surface area (Å²) in [6.07, 6.45) is 1.05. The normalized spacial score (nSPS) is 26.0. The van der Waals surface area contributed by atoms with Crippen LogP contribution in [0.1, 0.15) is 12.5 Å². The molecule has 1 fully saturated rings. The van der Waals surface area contributed by atoms with E-state index < -0.39 is 0 Å². The van der Waals surface area contributed by atoms with E-state index in [1.54, 1.807) is 0 Å². The van der Waals surface area contributed by atoms with Crippen molar-refractivity contribution >= 4 is 0 Å². The zero-order valence-corrected chi connectivity index (χ0v) is 10.4. The van der Waals surface area contributed by atoms with E-state index in [9.17, 15) is 0 Å². The number of aliphatic hydroxyl groups is 1. The van der Waals surface area contributed by atoms with Gasteiger partial charge in [-0.05, 0) is 18.9 Å². The van der Waals surface area contributed by atoms with Crippen LogP contribution in [0.4, 0.5) is 0 Å². The highest BCUT2D eigenvalue weighted by Gasteiger charge is 2.24. The van der Waals surface area contributed by atoms with E-state index in [1.165, 1.54) is 5.56 Å². The maximum atomic E-state index is 9.13. The van der Waals surface area contributed by atoms with Crippen molar-refractivity contribution in [2.45, 2.75) is 25.5 Å². The summed E-state index contributed by atoms with van der Waals surface area (Å²) in [4.78, 5) is 2.40. The van der Waals surface area contributed by atoms with Gasteiger partial charge in [-0.25, -0.2) is 0 Å². The summed E-state index contributed by atoms with van der Waals surface area (Å²) in [6.45, 7) is 4.89. The Kier molecular flexibility index (Phi) is 4.54. The number of ether oxygens (including phenoxy) is 1. The molecule has 0 bridgehead atoms. The maximum Gasteiger partial charge on any atom is 0.0933 e. The Balaban J connectivity index is 1.85. The summed E-state index contributed by atoms with van der Waals surface area (Å²) >= 11 is 0. The van der Waals surface area contributed by atoms with E-state index >= 15 is 0 Å². The molecule has 0 aliphatic carbocycles. The smallest absolute Gasteiger partial charge is 0.0933 e. The van der Waals surface area contributed by atoms with Crippen LogP contribution in [0.3, 0.4) is 0 Å². The summed E-state index contributed by atoms with van der Waals surface area (Å²) in [5.74, 6) is 0. The fourth-order valence-corrected chi connectivity index (χ4v) is 2.21. The standard InChI is InChI=1S/C14H21NO2/c1-12-11-17-14(10-16)9-15(12)8-7-13-5-3-2-4-6-13/h2-6,12,14,16H,7-11H2,1H3. The highest BCUT2D eigenvalue weighted by atomic mass is 16.5. The minimum atomic E-state index is -0.0121. The lowest BCUT2D eigenvalue weighted by Gasteiger charge is -2.37. The number of hydrogen-bond donors (Lipinski definition) is 1. The molecular formula is C14H21NO2. The number of hydrogen-bond acceptors (Lipinski definition) is 3. The molecule has 1 saturated heterocycles. The lowest BCUT2D eigenvalue weighted by atomic mass is 10.1. The van der Waals surface area contributed by atoms with Crippen LogP contribution in [0.15, 0.2) is 30.3 Å². The Hall–Kier alpha value is -0.900. The van der Waals surface area contributed by atoms with Crippen LogP contribution in [0.5, 0.6) is 0 Å². The van der Waals surface area contributed by atoms with Crippen LogP contribution in [-0.4, -0.2) is 48.5 Å². The third-order valence-corrected chi connectivity index (χ3v) is 3.37. The molecule has 1 aromatic carbocycles. The zero-order valence-electron chi connectivity index (χ0n) is 10.4. The molecular weight excluding hydrogens is 214 g/mol. The predicted octanol–water partition coefficient (Wildman–Crippen LogP) is 1.31. The molecule has 3 nitrogen and oxygen atoms in total. The number of nitrogens with zero attached hydrogens (tertiary/aromatic N) is 1. The van der Waals surface area contributed by atoms with Gasteiger partial charge in [-0.2, -0.15) is 0 Å². The van der Waals surface area contributed by atoms with E-state index in [4.69, 9.17) is 9.84 Å². The Bertz CT molecular complexity index is 328. The first-order valence-electron chi connectivity index (χ1n) is 6.30. The molecule has 0 saturated carbocycles. The van der Waals surface area contributed by atoms with Crippen molar-refractivity contribution < 1.29 is 9.84 Å². The maximum absolute atomic E-state index is 9.13. The first-order valence-corrected chi connectivity index (χ1v) is 6.30. The van der Waals surface area contributed by atoms with Gasteiger partial charge < -0.3 is 9.84 Å². The quantitative estimate of drug-likeness (QED) is 0.854. The number of morpholine rings is 1. The molecule has 3 heteroatoms. The van der Waals surface area contributed by atoms with Crippen molar-refractivity contribution in [3.05, 3.63) is 35.9 Å². The summed E-state index contributed by atoms with van der Waals surface area (Å²) in [6, 6.07) is 11.0. The van der Waals surface area contributed by atoms with Gasteiger partial charge >= 0.3 is 0 Å². The first-order chi connectivity index (χ1) is 8.29. The van der Waals surface area contributed by atoms with Gasteiger partial charge in [-0.15, -0.1) is 0 Å². The monoisotopic (exact) mass is 235 g/mol. The minimum absolute atomic E-state index is 0.0121. The lowest BCUT2D eigenvalue weighted by molar-refractivity contribution is -0.0772. The lowest BCUT2D eigenvalue weighted by Crippen LogP contribution is -2.50. The zero-order chi connectivity index (χ0) is 12.1. The van der Waals surface area contributed by atoms with Gasteiger partial charge in [0, 0.05) is 19.1 Å². The Labute approximate surface area is 103 Å². The molecule has 2 rings (SSSR count). The highest BCUT2D eigenvalue weighted by Crippen LogP contribution is 2.12. The molecule has 2 atom stereocenters. The number of benzene rings is 1. The Morgan fingerprint density at radius 3 is 2.82 bits per heavy atom. The molecule has 1 heterocycles. The molecule has 2 unspecified atom stereocenters. The molecule has 1 aliphatic heterocycles. The van der Waals surface area contributed by atoms with E-state index in [0.29, 0.717) is 6.04 Å². The van der Waals surface area contributed by atoms with E-state index in [0.717, 1.165) is 26.1 Å². The van der Waals surface area contributed by atoms with Crippen LogP contribution >= 0.6 is 0 Å². The molecule has 0 spiro atoms. The van der Waals surface area contributed by atoms with Gasteiger partial charge in [0.1, 0.15) is 0 Å². The largest absolute Gasteiger partial charge is 0.394 e. The second kappa shape index (κ2) is 6.15. The van der Waals surface area contributed by atoms with Gasteiger partial charge in [0.25, 0.3) is 0 Å². The second-order valence-corrected chi connectivity index (χ2v) is 4.72. The second-order valence-electron chi connectivity index (χ2n) is 4.72. The third kappa shape index (κ3) is 3.53. The van der Waals surface area contributed by atoms with Crippen LogP contribution in [0.25, 0.3) is 0 Å². The van der Waals surface area contributed by atoms with Crippen LogP contribution in [0, 0.1) is 0 Å². The molecule has 1 aliphatic rings. The van der Waals surface area contributed by atoms with Gasteiger partial charge in [0.2, 0.25) is 0 Å². The molecule has 0 radical (unpaired) electrons. The SMILES string of the molecule is CC1COC(CO)CN1CCc1ccccc1. The molecule has 0 aromatic heterocycles. The topological polar surface area (TPSA) is 32.7 Å². The number of rotatable bonds is 4. The van der Waals surface area contributed by atoms with E-state index in [1.807, 2.05) is 6.07 Å². The van der Waals surface area contributed by atoms with Crippen molar-refractivity contribution in [2.24, 2.45) is 0 Å². The molecule has 1 N–H and O–H groups in total. The van der Waals surface area contributed by atoms with E-state index in [-0.39, 0.29) is 12.7 Å². The molecule has 1 aromatic rings. The Morgan fingerprint density at radius 1 is 1.35 bits per heavy atom. The average molecular weight is 235 g/mol. The van der Waals surface area contributed by atoms with Crippen molar-refractivity contribution in [3.63, 3.8) is 0 Å². The fourth-order valence-electron chi connectivity index (χ4n) is 2.21. The number of aliphatic hydroxyl groups excluding tert-OH is 1. The molecule has 94 valence electrons. The fraction of sp³-hybridized carbons (Fsp3) is 0.571.